The average molecular weight is 322 g/mol. The third-order valence-corrected chi connectivity index (χ3v) is 5.17. The van der Waals surface area contributed by atoms with Gasteiger partial charge in [-0.25, -0.2) is 4.31 Å². The Kier molecular flexibility index (Phi) is 7.56. The highest BCUT2D eigenvalue weighted by molar-refractivity contribution is 7.97. The largest absolute Gasteiger partial charge is 0.385 e. The van der Waals surface area contributed by atoms with Crippen LogP contribution in [0.2, 0.25) is 0 Å². The van der Waals surface area contributed by atoms with Crippen molar-refractivity contribution in [2.24, 2.45) is 17.6 Å². The molecule has 1 unspecified atom stereocenters. The monoisotopic (exact) mass is 321 g/mol. The van der Waals surface area contributed by atoms with Gasteiger partial charge in [-0.05, 0) is 73.9 Å². The zero-order valence-corrected chi connectivity index (χ0v) is 14.9. The molecular weight excluding hydrogens is 290 g/mol. The Morgan fingerprint density at radius 2 is 1.77 bits per heavy atom. The van der Waals surface area contributed by atoms with Gasteiger partial charge in [0.05, 0.1) is 0 Å². The maximum atomic E-state index is 5.51. The summed E-state index contributed by atoms with van der Waals surface area (Å²) in [6, 6.07) is 8.86. The predicted molar refractivity (Wildman–Crippen MR) is 98.2 cm³/mol. The second kappa shape index (κ2) is 9.43. The molecule has 1 aliphatic heterocycles. The topological polar surface area (TPSA) is 41.3 Å². The predicted octanol–water partition coefficient (Wildman–Crippen LogP) is 4.21. The van der Waals surface area contributed by atoms with Crippen molar-refractivity contribution in [3.63, 3.8) is 0 Å². The van der Waals surface area contributed by atoms with Gasteiger partial charge in [-0.1, -0.05) is 20.3 Å². The van der Waals surface area contributed by atoms with Crippen molar-refractivity contribution in [1.29, 1.82) is 0 Å². The number of anilines is 1. The van der Waals surface area contributed by atoms with Gasteiger partial charge in [0, 0.05) is 30.2 Å². The van der Waals surface area contributed by atoms with Gasteiger partial charge in [-0.3, -0.25) is 0 Å². The van der Waals surface area contributed by atoms with Gasteiger partial charge in [0.1, 0.15) is 0 Å². The van der Waals surface area contributed by atoms with Crippen molar-refractivity contribution in [3.8, 4) is 0 Å². The van der Waals surface area contributed by atoms with Gasteiger partial charge in [0.25, 0.3) is 0 Å². The number of benzene rings is 1. The zero-order chi connectivity index (χ0) is 15.8. The van der Waals surface area contributed by atoms with Crippen LogP contribution < -0.4 is 11.1 Å². The van der Waals surface area contributed by atoms with Crippen molar-refractivity contribution in [1.82, 2.24) is 4.31 Å². The standard InChI is InChI=1S/C18H31N3S/c1-15-12-16(2)14-21(13-15)22-18-8-6-17(7-9-18)20-11-5-3-4-10-19/h6-9,15-16,20H,3-5,10-14,19H2,1-2H3/t15-,16?/m1/s1. The molecular formula is C18H31N3S. The van der Waals surface area contributed by atoms with Crippen molar-refractivity contribution in [2.45, 2.75) is 44.4 Å². The summed E-state index contributed by atoms with van der Waals surface area (Å²) >= 11 is 1.91. The summed E-state index contributed by atoms with van der Waals surface area (Å²) in [5.41, 5.74) is 6.73. The van der Waals surface area contributed by atoms with Gasteiger partial charge < -0.3 is 11.1 Å². The van der Waals surface area contributed by atoms with Crippen molar-refractivity contribution in [3.05, 3.63) is 24.3 Å². The number of nitrogens with zero attached hydrogens (tertiary/aromatic N) is 1. The van der Waals surface area contributed by atoms with E-state index < -0.39 is 0 Å². The molecule has 2 rings (SSSR count). The maximum Gasteiger partial charge on any atom is 0.0340 e. The van der Waals surface area contributed by atoms with Crippen LogP contribution in [0.15, 0.2) is 29.2 Å². The lowest BCUT2D eigenvalue weighted by atomic mass is 9.94. The number of rotatable bonds is 8. The zero-order valence-electron chi connectivity index (χ0n) is 14.1. The minimum absolute atomic E-state index is 0.805. The number of nitrogens with two attached hydrogens (primary N) is 1. The highest BCUT2D eigenvalue weighted by Crippen LogP contribution is 2.31. The molecule has 1 aromatic rings. The second-order valence-electron chi connectivity index (χ2n) is 6.68. The molecule has 0 radical (unpaired) electrons. The first kappa shape index (κ1) is 17.6. The molecule has 1 fully saturated rings. The summed E-state index contributed by atoms with van der Waals surface area (Å²) in [6.45, 7) is 8.97. The van der Waals surface area contributed by atoms with Crippen LogP contribution >= 0.6 is 11.9 Å². The van der Waals surface area contributed by atoms with Gasteiger partial charge >= 0.3 is 0 Å². The number of piperidine rings is 1. The van der Waals surface area contributed by atoms with E-state index in [-0.39, 0.29) is 0 Å². The van der Waals surface area contributed by atoms with Crippen LogP contribution in [0.4, 0.5) is 5.69 Å². The first-order valence-electron chi connectivity index (χ1n) is 8.64. The smallest absolute Gasteiger partial charge is 0.0340 e. The van der Waals surface area contributed by atoms with Crippen LogP contribution in [0.5, 0.6) is 0 Å². The summed E-state index contributed by atoms with van der Waals surface area (Å²) in [5.74, 6) is 1.62. The molecule has 22 heavy (non-hydrogen) atoms. The molecule has 4 heteroatoms. The minimum Gasteiger partial charge on any atom is -0.385 e. The quantitative estimate of drug-likeness (QED) is 0.556. The SMILES string of the molecule is CC1C[C@@H](C)CN(Sc2ccc(NCCCCCN)cc2)C1. The third-order valence-electron chi connectivity index (χ3n) is 4.13. The Labute approximate surface area is 140 Å². The van der Waals surface area contributed by atoms with Crippen LogP contribution in [0.1, 0.15) is 39.5 Å². The summed E-state index contributed by atoms with van der Waals surface area (Å²) in [4.78, 5) is 1.34. The summed E-state index contributed by atoms with van der Waals surface area (Å²) in [7, 11) is 0. The third kappa shape index (κ3) is 6.19. The Morgan fingerprint density at radius 1 is 1.09 bits per heavy atom. The van der Waals surface area contributed by atoms with Crippen LogP contribution in [-0.4, -0.2) is 30.5 Å². The minimum atomic E-state index is 0.805. The van der Waals surface area contributed by atoms with E-state index >= 15 is 0 Å². The van der Waals surface area contributed by atoms with E-state index in [1.807, 2.05) is 11.9 Å². The number of hydrogen-bond acceptors (Lipinski definition) is 4. The molecule has 124 valence electrons. The first-order valence-corrected chi connectivity index (χ1v) is 9.41. The molecule has 0 aliphatic carbocycles. The number of nitrogens with one attached hydrogen (secondary N) is 1. The molecule has 1 heterocycles. The van der Waals surface area contributed by atoms with E-state index in [2.05, 4.69) is 47.7 Å². The van der Waals surface area contributed by atoms with Crippen LogP contribution in [0.3, 0.4) is 0 Å². The van der Waals surface area contributed by atoms with E-state index in [0.717, 1.165) is 31.3 Å². The van der Waals surface area contributed by atoms with Crippen LogP contribution in [0.25, 0.3) is 0 Å². The van der Waals surface area contributed by atoms with Gasteiger partial charge in [-0.2, -0.15) is 0 Å². The Bertz CT molecular complexity index is 411. The van der Waals surface area contributed by atoms with Gasteiger partial charge in [-0.15, -0.1) is 0 Å². The summed E-state index contributed by atoms with van der Waals surface area (Å²) in [5, 5.41) is 3.48. The molecule has 1 aliphatic rings. The molecule has 1 saturated heterocycles. The highest BCUT2D eigenvalue weighted by Gasteiger charge is 2.22. The molecule has 0 saturated carbocycles. The second-order valence-corrected chi connectivity index (χ2v) is 7.86. The Morgan fingerprint density at radius 3 is 2.41 bits per heavy atom. The van der Waals surface area contributed by atoms with E-state index in [0.29, 0.717) is 0 Å². The van der Waals surface area contributed by atoms with Crippen molar-refractivity contribution in [2.75, 3.05) is 31.5 Å². The average Bonchev–Trinajstić information content (AvgIpc) is 2.48. The lowest BCUT2D eigenvalue weighted by Gasteiger charge is -2.33. The highest BCUT2D eigenvalue weighted by atomic mass is 32.2. The first-order chi connectivity index (χ1) is 10.7. The molecule has 3 N–H and O–H groups in total. The number of unbranched alkanes of at least 4 members (excludes halogenated alkanes) is 2. The van der Waals surface area contributed by atoms with Gasteiger partial charge in [0.15, 0.2) is 0 Å². The maximum absolute atomic E-state index is 5.51. The molecule has 0 bridgehead atoms. The van der Waals surface area contributed by atoms with Crippen molar-refractivity contribution >= 4 is 17.6 Å². The Hall–Kier alpha value is -0.710. The fourth-order valence-corrected chi connectivity index (χ4v) is 4.36. The Balaban J connectivity index is 1.74. The lowest BCUT2D eigenvalue weighted by molar-refractivity contribution is 0.237. The van der Waals surface area contributed by atoms with E-state index in [1.54, 1.807) is 0 Å². The normalized spacial score (nSPS) is 22.7. The summed E-state index contributed by atoms with van der Waals surface area (Å²) < 4.78 is 2.52. The van der Waals surface area contributed by atoms with Crippen LogP contribution in [-0.2, 0) is 0 Å². The fourth-order valence-electron chi connectivity index (χ4n) is 3.14. The summed E-state index contributed by atoms with van der Waals surface area (Å²) in [6.07, 6.45) is 4.90. The molecule has 0 aromatic heterocycles. The van der Waals surface area contributed by atoms with Crippen LogP contribution in [0, 0.1) is 11.8 Å². The van der Waals surface area contributed by atoms with E-state index in [4.69, 9.17) is 5.73 Å². The fraction of sp³-hybridized carbons (Fsp3) is 0.667. The molecule has 0 amide bonds. The number of hydrogen-bond donors (Lipinski definition) is 2. The molecule has 3 nitrogen and oxygen atoms in total. The van der Waals surface area contributed by atoms with E-state index in [1.165, 1.54) is 42.9 Å². The molecule has 2 atom stereocenters. The lowest BCUT2D eigenvalue weighted by Crippen LogP contribution is -2.33. The van der Waals surface area contributed by atoms with E-state index in [9.17, 15) is 0 Å². The van der Waals surface area contributed by atoms with Crippen molar-refractivity contribution < 1.29 is 0 Å². The molecule has 1 aromatic carbocycles. The van der Waals surface area contributed by atoms with Gasteiger partial charge in [0.2, 0.25) is 0 Å². The molecule has 0 spiro atoms.